The molecule has 5 heterocycles. The molecule has 29 heavy (non-hydrogen) atoms. The molecule has 2 unspecified atom stereocenters. The second-order valence-electron chi connectivity index (χ2n) is 8.45. The molecule has 3 aliphatic rings. The van der Waals surface area contributed by atoms with Gasteiger partial charge < -0.3 is 20.1 Å². The molecule has 9 nitrogen and oxygen atoms in total. The summed E-state index contributed by atoms with van der Waals surface area (Å²) in [6.45, 7) is 5.78. The van der Waals surface area contributed by atoms with Crippen molar-refractivity contribution in [3.63, 3.8) is 0 Å². The number of fused-ring (bicyclic) bond motifs is 1. The Labute approximate surface area is 170 Å². The smallest absolute Gasteiger partial charge is 0.220 e. The molecule has 5 rings (SSSR count). The van der Waals surface area contributed by atoms with Gasteiger partial charge in [-0.25, -0.2) is 9.97 Å². The van der Waals surface area contributed by atoms with Crippen molar-refractivity contribution in [2.45, 2.75) is 51.6 Å². The zero-order chi connectivity index (χ0) is 19.8. The molecule has 0 radical (unpaired) electrons. The quantitative estimate of drug-likeness (QED) is 0.811. The fourth-order valence-electron chi connectivity index (χ4n) is 4.99. The monoisotopic (exact) mass is 396 g/mol. The number of amides is 1. The van der Waals surface area contributed by atoms with E-state index in [-0.39, 0.29) is 11.9 Å². The SMILES string of the molecule is Cc1nnc2n1CCCC2Nc1cc(N2CCC(C3CNC(=O)C3)CC2)ncn1. The van der Waals surface area contributed by atoms with E-state index in [9.17, 15) is 4.79 Å². The van der Waals surface area contributed by atoms with Crippen molar-refractivity contribution >= 4 is 17.5 Å². The molecule has 154 valence electrons. The lowest BCUT2D eigenvalue weighted by molar-refractivity contribution is -0.119. The van der Waals surface area contributed by atoms with Gasteiger partial charge >= 0.3 is 0 Å². The van der Waals surface area contributed by atoms with Crippen LogP contribution in [0.1, 0.15) is 49.8 Å². The van der Waals surface area contributed by atoms with E-state index in [1.807, 2.05) is 13.0 Å². The van der Waals surface area contributed by atoms with Crippen molar-refractivity contribution < 1.29 is 4.79 Å². The molecular weight excluding hydrogens is 368 g/mol. The molecule has 0 aliphatic carbocycles. The molecule has 2 aromatic heterocycles. The molecule has 2 atom stereocenters. The van der Waals surface area contributed by atoms with Crippen LogP contribution in [0.4, 0.5) is 11.6 Å². The van der Waals surface area contributed by atoms with Gasteiger partial charge in [-0.15, -0.1) is 10.2 Å². The minimum absolute atomic E-state index is 0.130. The lowest BCUT2D eigenvalue weighted by Gasteiger charge is -2.35. The van der Waals surface area contributed by atoms with Crippen LogP contribution >= 0.6 is 0 Å². The van der Waals surface area contributed by atoms with Crippen LogP contribution in [0.2, 0.25) is 0 Å². The van der Waals surface area contributed by atoms with Crippen molar-refractivity contribution in [3.05, 3.63) is 24.0 Å². The van der Waals surface area contributed by atoms with Gasteiger partial charge in [-0.05, 0) is 44.4 Å². The Morgan fingerprint density at radius 3 is 2.76 bits per heavy atom. The molecule has 2 N–H and O–H groups in total. The van der Waals surface area contributed by atoms with Crippen LogP contribution in [-0.2, 0) is 11.3 Å². The lowest BCUT2D eigenvalue weighted by Crippen LogP contribution is -2.37. The molecular formula is C20H28N8O. The maximum atomic E-state index is 11.5. The number of carbonyl (C=O) groups excluding carboxylic acids is 1. The van der Waals surface area contributed by atoms with Crippen LogP contribution in [-0.4, -0.2) is 50.3 Å². The van der Waals surface area contributed by atoms with Crippen LogP contribution in [0.3, 0.4) is 0 Å². The second-order valence-corrected chi connectivity index (χ2v) is 8.45. The molecule has 0 aromatic carbocycles. The van der Waals surface area contributed by atoms with Crippen molar-refractivity contribution in [2.24, 2.45) is 11.8 Å². The molecule has 2 saturated heterocycles. The summed E-state index contributed by atoms with van der Waals surface area (Å²) in [6, 6.07) is 2.18. The van der Waals surface area contributed by atoms with E-state index >= 15 is 0 Å². The fourth-order valence-corrected chi connectivity index (χ4v) is 4.99. The van der Waals surface area contributed by atoms with Crippen LogP contribution in [0, 0.1) is 18.8 Å². The number of piperidine rings is 1. The third-order valence-corrected chi connectivity index (χ3v) is 6.66. The number of nitrogens with one attached hydrogen (secondary N) is 2. The standard InChI is InChI=1S/C20H28N8O/c1-13-25-26-20-16(3-2-6-28(13)20)24-17-10-18(23-12-22-17)27-7-4-14(5-8-27)15-9-19(29)21-11-15/h10,12,14-16H,2-9,11H2,1H3,(H,21,29)(H,22,23,24). The summed E-state index contributed by atoms with van der Waals surface area (Å²) in [7, 11) is 0. The summed E-state index contributed by atoms with van der Waals surface area (Å²) in [5.74, 6) is 5.10. The highest BCUT2D eigenvalue weighted by atomic mass is 16.1. The summed E-state index contributed by atoms with van der Waals surface area (Å²) in [4.78, 5) is 22.8. The van der Waals surface area contributed by atoms with Gasteiger partial charge in [0.15, 0.2) is 5.82 Å². The van der Waals surface area contributed by atoms with E-state index in [0.717, 1.165) is 75.1 Å². The zero-order valence-electron chi connectivity index (χ0n) is 16.8. The average molecular weight is 396 g/mol. The third kappa shape index (κ3) is 3.65. The highest BCUT2D eigenvalue weighted by molar-refractivity contribution is 5.78. The Hall–Kier alpha value is -2.71. The van der Waals surface area contributed by atoms with E-state index in [1.165, 1.54) is 0 Å². The molecule has 3 aliphatic heterocycles. The Bertz CT molecular complexity index is 888. The normalized spacial score (nSPS) is 25.0. The Kier molecular flexibility index (Phi) is 4.81. The number of anilines is 2. The highest BCUT2D eigenvalue weighted by Gasteiger charge is 2.32. The molecule has 2 fully saturated rings. The number of rotatable bonds is 4. The molecule has 0 spiro atoms. The van der Waals surface area contributed by atoms with E-state index < -0.39 is 0 Å². The van der Waals surface area contributed by atoms with Crippen molar-refractivity contribution in [2.75, 3.05) is 29.9 Å². The number of nitrogens with zero attached hydrogens (tertiary/aromatic N) is 6. The van der Waals surface area contributed by atoms with E-state index in [2.05, 4.69) is 40.3 Å². The molecule has 0 saturated carbocycles. The van der Waals surface area contributed by atoms with Gasteiger partial charge in [0.25, 0.3) is 0 Å². The van der Waals surface area contributed by atoms with Crippen molar-refractivity contribution in [1.29, 1.82) is 0 Å². The Morgan fingerprint density at radius 1 is 1.10 bits per heavy atom. The number of hydrogen-bond acceptors (Lipinski definition) is 7. The first-order chi connectivity index (χ1) is 14.2. The minimum atomic E-state index is 0.130. The largest absolute Gasteiger partial charge is 0.360 e. The van der Waals surface area contributed by atoms with E-state index in [0.29, 0.717) is 18.3 Å². The molecule has 9 heteroatoms. The lowest BCUT2D eigenvalue weighted by atomic mass is 9.84. The second kappa shape index (κ2) is 7.61. The third-order valence-electron chi connectivity index (χ3n) is 6.66. The predicted molar refractivity (Wildman–Crippen MR) is 108 cm³/mol. The Morgan fingerprint density at radius 2 is 1.97 bits per heavy atom. The maximum Gasteiger partial charge on any atom is 0.220 e. The van der Waals surface area contributed by atoms with Gasteiger partial charge in [0.05, 0.1) is 6.04 Å². The van der Waals surface area contributed by atoms with Gasteiger partial charge in [-0.2, -0.15) is 0 Å². The number of carbonyl (C=O) groups is 1. The zero-order valence-corrected chi connectivity index (χ0v) is 16.8. The summed E-state index contributed by atoms with van der Waals surface area (Å²) in [6.07, 6.45) is 6.68. The summed E-state index contributed by atoms with van der Waals surface area (Å²) in [5, 5.41) is 15.1. The van der Waals surface area contributed by atoms with Gasteiger partial charge in [-0.3, -0.25) is 4.79 Å². The van der Waals surface area contributed by atoms with Gasteiger partial charge in [0.2, 0.25) is 5.91 Å². The maximum absolute atomic E-state index is 11.5. The van der Waals surface area contributed by atoms with Gasteiger partial charge in [-0.1, -0.05) is 0 Å². The van der Waals surface area contributed by atoms with Crippen LogP contribution < -0.4 is 15.5 Å². The van der Waals surface area contributed by atoms with E-state index in [1.54, 1.807) is 6.33 Å². The van der Waals surface area contributed by atoms with Gasteiger partial charge in [0.1, 0.15) is 23.8 Å². The van der Waals surface area contributed by atoms with Gasteiger partial charge in [0, 0.05) is 38.7 Å². The van der Waals surface area contributed by atoms with Crippen LogP contribution in [0.15, 0.2) is 12.4 Å². The summed E-state index contributed by atoms with van der Waals surface area (Å²) >= 11 is 0. The van der Waals surface area contributed by atoms with E-state index in [4.69, 9.17) is 0 Å². The van der Waals surface area contributed by atoms with Crippen LogP contribution in [0.5, 0.6) is 0 Å². The highest BCUT2D eigenvalue weighted by Crippen LogP contribution is 2.32. The molecule has 2 aromatic rings. The molecule has 1 amide bonds. The first kappa shape index (κ1) is 18.3. The summed E-state index contributed by atoms with van der Waals surface area (Å²) in [5.41, 5.74) is 0. The minimum Gasteiger partial charge on any atom is -0.360 e. The Balaban J connectivity index is 1.24. The van der Waals surface area contributed by atoms with Crippen LogP contribution in [0.25, 0.3) is 0 Å². The van der Waals surface area contributed by atoms with Crippen molar-refractivity contribution in [1.82, 2.24) is 30.0 Å². The fraction of sp³-hybridized carbons (Fsp3) is 0.650. The molecule has 0 bridgehead atoms. The van der Waals surface area contributed by atoms with Crippen molar-refractivity contribution in [3.8, 4) is 0 Å². The first-order valence-corrected chi connectivity index (χ1v) is 10.7. The number of aryl methyl sites for hydroxylation is 1. The number of aromatic nitrogens is 5. The predicted octanol–water partition coefficient (Wildman–Crippen LogP) is 1.68. The number of hydrogen-bond donors (Lipinski definition) is 2. The summed E-state index contributed by atoms with van der Waals surface area (Å²) < 4.78 is 2.19. The topological polar surface area (TPSA) is 101 Å². The average Bonchev–Trinajstić information content (AvgIpc) is 3.35. The first-order valence-electron chi connectivity index (χ1n) is 10.7.